The van der Waals surface area contributed by atoms with E-state index in [0.29, 0.717) is 17.5 Å². The number of carbonyl (C=O) groups is 1. The number of rotatable bonds is 7. The molecule has 118 valence electrons. The van der Waals surface area contributed by atoms with Gasteiger partial charge in [-0.1, -0.05) is 57.9 Å². The Labute approximate surface area is 136 Å². The second-order valence-electron chi connectivity index (χ2n) is 5.82. The smallest absolute Gasteiger partial charge is 0.226 e. The number of anilines is 1. The van der Waals surface area contributed by atoms with Crippen LogP contribution in [0, 0.1) is 0 Å². The first-order valence-corrected chi connectivity index (χ1v) is 8.83. The highest BCUT2D eigenvalue weighted by Gasteiger charge is 2.08. The van der Waals surface area contributed by atoms with E-state index in [-0.39, 0.29) is 5.91 Å². The predicted molar refractivity (Wildman–Crippen MR) is 94.4 cm³/mol. The standard InChI is InChI=1S/C18H24N2OS/c1-4-5-6-7-17(21)20-18-19-16(12-22-18)15-10-8-14(9-11-15)13(2)3/h8-13H,4-7H2,1-3H3,(H,19,20,21). The summed E-state index contributed by atoms with van der Waals surface area (Å²) < 4.78 is 0. The zero-order valence-electron chi connectivity index (χ0n) is 13.6. The molecule has 0 saturated carbocycles. The number of nitrogens with one attached hydrogen (secondary N) is 1. The van der Waals surface area contributed by atoms with Gasteiger partial charge in [0, 0.05) is 17.4 Å². The molecule has 1 heterocycles. The second-order valence-corrected chi connectivity index (χ2v) is 6.68. The topological polar surface area (TPSA) is 42.0 Å². The van der Waals surface area contributed by atoms with Crippen LogP contribution in [0.5, 0.6) is 0 Å². The summed E-state index contributed by atoms with van der Waals surface area (Å²) in [7, 11) is 0. The van der Waals surface area contributed by atoms with Gasteiger partial charge in [-0.3, -0.25) is 4.79 Å². The number of benzene rings is 1. The fourth-order valence-electron chi connectivity index (χ4n) is 2.22. The molecule has 1 aromatic heterocycles. The monoisotopic (exact) mass is 316 g/mol. The van der Waals surface area contributed by atoms with Crippen molar-refractivity contribution in [2.24, 2.45) is 0 Å². The van der Waals surface area contributed by atoms with Gasteiger partial charge >= 0.3 is 0 Å². The van der Waals surface area contributed by atoms with Gasteiger partial charge in [-0.25, -0.2) is 4.98 Å². The molecule has 0 unspecified atom stereocenters. The van der Waals surface area contributed by atoms with Crippen LogP contribution in [0.3, 0.4) is 0 Å². The first-order valence-electron chi connectivity index (χ1n) is 7.96. The number of carbonyl (C=O) groups excluding carboxylic acids is 1. The van der Waals surface area contributed by atoms with Gasteiger partial charge in [0.15, 0.2) is 5.13 Å². The number of nitrogens with zero attached hydrogens (tertiary/aromatic N) is 1. The Hall–Kier alpha value is -1.68. The molecule has 3 nitrogen and oxygen atoms in total. The summed E-state index contributed by atoms with van der Waals surface area (Å²) in [4.78, 5) is 16.3. The average Bonchev–Trinajstić information content (AvgIpc) is 2.96. The Kier molecular flexibility index (Phi) is 6.13. The summed E-state index contributed by atoms with van der Waals surface area (Å²) in [6, 6.07) is 8.47. The van der Waals surface area contributed by atoms with Crippen molar-refractivity contribution in [3.8, 4) is 11.3 Å². The first kappa shape index (κ1) is 16.7. The van der Waals surface area contributed by atoms with Crippen molar-refractivity contribution in [2.45, 2.75) is 52.4 Å². The van der Waals surface area contributed by atoms with E-state index in [4.69, 9.17) is 0 Å². The van der Waals surface area contributed by atoms with Crippen molar-refractivity contribution >= 4 is 22.4 Å². The van der Waals surface area contributed by atoms with Crippen LogP contribution >= 0.6 is 11.3 Å². The largest absolute Gasteiger partial charge is 0.302 e. The van der Waals surface area contributed by atoms with E-state index in [9.17, 15) is 4.79 Å². The highest BCUT2D eigenvalue weighted by Crippen LogP contribution is 2.26. The maximum atomic E-state index is 11.8. The number of unbranched alkanes of at least 4 members (excludes halogenated alkanes) is 2. The predicted octanol–water partition coefficient (Wildman–Crippen LogP) is 5.45. The van der Waals surface area contributed by atoms with Crippen LogP contribution in [0.4, 0.5) is 5.13 Å². The Balaban J connectivity index is 1.97. The van der Waals surface area contributed by atoms with Crippen LogP contribution in [0.15, 0.2) is 29.6 Å². The summed E-state index contributed by atoms with van der Waals surface area (Å²) >= 11 is 1.48. The second kappa shape index (κ2) is 8.08. The normalized spacial score (nSPS) is 10.9. The highest BCUT2D eigenvalue weighted by atomic mass is 32.1. The minimum Gasteiger partial charge on any atom is -0.302 e. The Morgan fingerprint density at radius 2 is 1.95 bits per heavy atom. The minimum absolute atomic E-state index is 0.0597. The molecule has 0 aliphatic rings. The summed E-state index contributed by atoms with van der Waals surface area (Å²) in [5, 5.41) is 5.57. The molecule has 0 aliphatic heterocycles. The molecule has 4 heteroatoms. The van der Waals surface area contributed by atoms with Crippen molar-refractivity contribution < 1.29 is 4.79 Å². The molecule has 0 atom stereocenters. The molecule has 1 N–H and O–H groups in total. The fraction of sp³-hybridized carbons (Fsp3) is 0.444. The summed E-state index contributed by atoms with van der Waals surface area (Å²) in [6.45, 7) is 6.50. The van der Waals surface area contributed by atoms with Crippen LogP contribution in [-0.4, -0.2) is 10.9 Å². The number of hydrogen-bond acceptors (Lipinski definition) is 3. The van der Waals surface area contributed by atoms with E-state index in [1.165, 1.54) is 16.9 Å². The van der Waals surface area contributed by atoms with E-state index in [1.54, 1.807) is 0 Å². The molecule has 0 fully saturated rings. The van der Waals surface area contributed by atoms with Crippen LogP contribution in [-0.2, 0) is 4.79 Å². The fourth-order valence-corrected chi connectivity index (χ4v) is 2.96. The lowest BCUT2D eigenvalue weighted by molar-refractivity contribution is -0.116. The van der Waals surface area contributed by atoms with Crippen LogP contribution in [0.25, 0.3) is 11.3 Å². The molecule has 0 aliphatic carbocycles. The first-order chi connectivity index (χ1) is 10.6. The molecule has 0 spiro atoms. The maximum absolute atomic E-state index is 11.8. The van der Waals surface area contributed by atoms with E-state index in [0.717, 1.165) is 30.5 Å². The molecule has 1 aromatic carbocycles. The van der Waals surface area contributed by atoms with Gasteiger partial charge in [-0.05, 0) is 17.9 Å². The zero-order chi connectivity index (χ0) is 15.9. The Morgan fingerprint density at radius 3 is 2.59 bits per heavy atom. The lowest BCUT2D eigenvalue weighted by Crippen LogP contribution is -2.10. The summed E-state index contributed by atoms with van der Waals surface area (Å²) in [5.41, 5.74) is 3.33. The Bertz CT molecular complexity index is 602. The van der Waals surface area contributed by atoms with Gasteiger partial charge in [0.1, 0.15) is 0 Å². The maximum Gasteiger partial charge on any atom is 0.226 e. The zero-order valence-corrected chi connectivity index (χ0v) is 14.4. The quantitative estimate of drug-likeness (QED) is 0.690. The molecular weight excluding hydrogens is 292 g/mol. The Morgan fingerprint density at radius 1 is 1.23 bits per heavy atom. The average molecular weight is 316 g/mol. The van der Waals surface area contributed by atoms with Crippen LogP contribution in [0.2, 0.25) is 0 Å². The number of aromatic nitrogens is 1. The summed E-state index contributed by atoms with van der Waals surface area (Å²) in [5.74, 6) is 0.590. The minimum atomic E-state index is 0.0597. The molecule has 2 rings (SSSR count). The third kappa shape index (κ3) is 4.67. The molecular formula is C18H24N2OS. The van der Waals surface area contributed by atoms with Crippen molar-refractivity contribution in [3.63, 3.8) is 0 Å². The molecule has 22 heavy (non-hydrogen) atoms. The van der Waals surface area contributed by atoms with E-state index >= 15 is 0 Å². The van der Waals surface area contributed by atoms with Gasteiger partial charge in [0.2, 0.25) is 5.91 Å². The molecule has 0 saturated heterocycles. The lowest BCUT2D eigenvalue weighted by Gasteiger charge is -2.05. The molecule has 2 aromatic rings. The van der Waals surface area contributed by atoms with Crippen LogP contribution < -0.4 is 5.32 Å². The SMILES string of the molecule is CCCCCC(=O)Nc1nc(-c2ccc(C(C)C)cc2)cs1. The van der Waals surface area contributed by atoms with Gasteiger partial charge in [-0.15, -0.1) is 11.3 Å². The van der Waals surface area contributed by atoms with Gasteiger partial charge in [-0.2, -0.15) is 0 Å². The van der Waals surface area contributed by atoms with E-state index < -0.39 is 0 Å². The van der Waals surface area contributed by atoms with Gasteiger partial charge in [0.25, 0.3) is 0 Å². The van der Waals surface area contributed by atoms with Crippen molar-refractivity contribution in [2.75, 3.05) is 5.32 Å². The molecule has 1 amide bonds. The molecule has 0 radical (unpaired) electrons. The van der Waals surface area contributed by atoms with Gasteiger partial charge in [0.05, 0.1) is 5.69 Å². The summed E-state index contributed by atoms with van der Waals surface area (Å²) in [6.07, 6.45) is 3.74. The van der Waals surface area contributed by atoms with Crippen molar-refractivity contribution in [3.05, 3.63) is 35.2 Å². The lowest BCUT2D eigenvalue weighted by atomic mass is 10.0. The molecule has 0 bridgehead atoms. The highest BCUT2D eigenvalue weighted by molar-refractivity contribution is 7.14. The third-order valence-corrected chi connectivity index (χ3v) is 4.39. The van der Waals surface area contributed by atoms with E-state index in [1.807, 2.05) is 5.38 Å². The van der Waals surface area contributed by atoms with E-state index in [2.05, 4.69) is 55.3 Å². The number of amides is 1. The number of hydrogen-bond donors (Lipinski definition) is 1. The van der Waals surface area contributed by atoms with Crippen molar-refractivity contribution in [1.82, 2.24) is 4.98 Å². The number of thiazole rings is 1. The van der Waals surface area contributed by atoms with Crippen LogP contribution in [0.1, 0.15) is 57.9 Å². The van der Waals surface area contributed by atoms with Crippen molar-refractivity contribution in [1.29, 1.82) is 0 Å². The third-order valence-electron chi connectivity index (χ3n) is 3.63. The van der Waals surface area contributed by atoms with Gasteiger partial charge < -0.3 is 5.32 Å².